The van der Waals surface area contributed by atoms with E-state index in [-0.39, 0.29) is 13.0 Å². The summed E-state index contributed by atoms with van der Waals surface area (Å²) in [5, 5.41) is 19.2. The highest BCUT2D eigenvalue weighted by Gasteiger charge is 2.48. The number of ether oxygens (including phenoxy) is 1. The number of rotatable bonds is 2. The van der Waals surface area contributed by atoms with Gasteiger partial charge in [-0.15, -0.1) is 0 Å². The Morgan fingerprint density at radius 1 is 1.44 bits per heavy atom. The van der Waals surface area contributed by atoms with Gasteiger partial charge in [-0.25, -0.2) is 9.59 Å². The van der Waals surface area contributed by atoms with Gasteiger partial charge in [0.15, 0.2) is 0 Å². The van der Waals surface area contributed by atoms with Gasteiger partial charge in [-0.2, -0.15) is 0 Å². The number of hydrogen-bond donors (Lipinski definition) is 2. The molecule has 1 amide bonds. The molecule has 0 spiro atoms. The van der Waals surface area contributed by atoms with Gasteiger partial charge in [0.25, 0.3) is 0 Å². The molecule has 0 aromatic rings. The Kier molecular flexibility index (Phi) is 3.90. The molecule has 104 valence electrons. The quantitative estimate of drug-likeness (QED) is 0.778. The van der Waals surface area contributed by atoms with Crippen LogP contribution in [0.3, 0.4) is 0 Å². The highest BCUT2D eigenvalue weighted by molar-refractivity contribution is 5.81. The third-order valence-corrected chi connectivity index (χ3v) is 2.99. The first-order valence-electron chi connectivity index (χ1n) is 6.03. The van der Waals surface area contributed by atoms with E-state index >= 15 is 0 Å². The molecular formula is C12H21NO5. The van der Waals surface area contributed by atoms with E-state index in [2.05, 4.69) is 0 Å². The third kappa shape index (κ3) is 3.35. The maximum atomic E-state index is 11.9. The number of β-amino-alcohol motifs (C(OH)–C–C–N with tert-alkyl or cyclic N) is 1. The lowest BCUT2D eigenvalue weighted by Gasteiger charge is -2.27. The average Bonchev–Trinajstić information content (AvgIpc) is 2.55. The van der Waals surface area contributed by atoms with E-state index in [4.69, 9.17) is 9.84 Å². The SMILES string of the molecule is CCC1(O)C[C@@H](C(=O)O)N(C(=O)OC(C)(C)C)C1. The summed E-state index contributed by atoms with van der Waals surface area (Å²) in [5.41, 5.74) is -1.83. The number of aliphatic carboxylic acids is 1. The van der Waals surface area contributed by atoms with Crippen molar-refractivity contribution in [2.24, 2.45) is 0 Å². The van der Waals surface area contributed by atoms with Crippen molar-refractivity contribution in [3.63, 3.8) is 0 Å². The van der Waals surface area contributed by atoms with Crippen LogP contribution >= 0.6 is 0 Å². The van der Waals surface area contributed by atoms with E-state index in [1.165, 1.54) is 0 Å². The summed E-state index contributed by atoms with van der Waals surface area (Å²) in [5.74, 6) is -1.12. The van der Waals surface area contributed by atoms with Crippen molar-refractivity contribution in [2.45, 2.75) is 57.8 Å². The van der Waals surface area contributed by atoms with Gasteiger partial charge in [0.1, 0.15) is 11.6 Å². The van der Waals surface area contributed by atoms with Crippen molar-refractivity contribution in [1.82, 2.24) is 4.90 Å². The topological polar surface area (TPSA) is 87.1 Å². The fourth-order valence-electron chi connectivity index (χ4n) is 1.95. The highest BCUT2D eigenvalue weighted by Crippen LogP contribution is 2.31. The third-order valence-electron chi connectivity index (χ3n) is 2.99. The molecule has 0 saturated carbocycles. The monoisotopic (exact) mass is 259 g/mol. The van der Waals surface area contributed by atoms with E-state index in [1.54, 1.807) is 27.7 Å². The van der Waals surface area contributed by atoms with Crippen LogP contribution in [0.4, 0.5) is 4.79 Å². The molecule has 6 nitrogen and oxygen atoms in total. The number of carboxylic acid groups (broad SMARTS) is 1. The lowest BCUT2D eigenvalue weighted by molar-refractivity contribution is -0.142. The number of likely N-dealkylation sites (tertiary alicyclic amines) is 1. The van der Waals surface area contributed by atoms with Crippen LogP contribution in [0.2, 0.25) is 0 Å². The molecule has 18 heavy (non-hydrogen) atoms. The summed E-state index contributed by atoms with van der Waals surface area (Å²) in [6.45, 7) is 6.89. The highest BCUT2D eigenvalue weighted by atomic mass is 16.6. The number of carbonyl (C=O) groups is 2. The fraction of sp³-hybridized carbons (Fsp3) is 0.833. The van der Waals surface area contributed by atoms with Gasteiger partial charge in [-0.1, -0.05) is 6.92 Å². The van der Waals surface area contributed by atoms with Gasteiger partial charge in [0, 0.05) is 6.42 Å². The number of hydrogen-bond acceptors (Lipinski definition) is 4. The summed E-state index contributed by atoms with van der Waals surface area (Å²) in [6, 6.07) is -1.02. The maximum absolute atomic E-state index is 11.9. The first-order valence-corrected chi connectivity index (χ1v) is 6.03. The number of carbonyl (C=O) groups excluding carboxylic acids is 1. The standard InChI is InChI=1S/C12H21NO5/c1-5-12(17)6-8(9(14)15)13(7-12)10(16)18-11(2,3)4/h8,17H,5-7H2,1-4H3,(H,14,15)/t8-,12?/m0/s1. The Morgan fingerprint density at radius 3 is 2.39 bits per heavy atom. The molecule has 1 rings (SSSR count). The molecule has 0 radical (unpaired) electrons. The van der Waals surface area contributed by atoms with Crippen LogP contribution in [-0.4, -0.2) is 51.0 Å². The van der Waals surface area contributed by atoms with Crippen LogP contribution in [0.1, 0.15) is 40.5 Å². The molecule has 0 aliphatic carbocycles. The lowest BCUT2D eigenvalue weighted by Crippen LogP contribution is -2.44. The average molecular weight is 259 g/mol. The van der Waals surface area contributed by atoms with Gasteiger partial charge in [0.05, 0.1) is 12.1 Å². The Balaban J connectivity index is 2.85. The van der Waals surface area contributed by atoms with Crippen LogP contribution in [0.25, 0.3) is 0 Å². The molecule has 1 heterocycles. The van der Waals surface area contributed by atoms with E-state index in [0.29, 0.717) is 6.42 Å². The first-order chi connectivity index (χ1) is 8.08. The zero-order valence-electron chi connectivity index (χ0n) is 11.3. The zero-order valence-corrected chi connectivity index (χ0v) is 11.3. The number of amides is 1. The summed E-state index contributed by atoms with van der Waals surface area (Å²) in [4.78, 5) is 24.1. The summed E-state index contributed by atoms with van der Waals surface area (Å²) < 4.78 is 5.15. The summed E-state index contributed by atoms with van der Waals surface area (Å²) in [7, 11) is 0. The van der Waals surface area contributed by atoms with Crippen molar-refractivity contribution < 1.29 is 24.5 Å². The smallest absolute Gasteiger partial charge is 0.411 e. The van der Waals surface area contributed by atoms with Gasteiger partial charge >= 0.3 is 12.1 Å². The molecule has 1 aliphatic heterocycles. The van der Waals surface area contributed by atoms with E-state index < -0.39 is 29.3 Å². The predicted octanol–water partition coefficient (Wildman–Crippen LogP) is 1.22. The molecule has 2 N–H and O–H groups in total. The minimum atomic E-state index is -1.14. The molecule has 0 aromatic carbocycles. The largest absolute Gasteiger partial charge is 0.480 e. The molecule has 1 saturated heterocycles. The number of carboxylic acids is 1. The molecule has 1 fully saturated rings. The van der Waals surface area contributed by atoms with E-state index in [1.807, 2.05) is 0 Å². The van der Waals surface area contributed by atoms with Gasteiger partial charge in [0.2, 0.25) is 0 Å². The lowest BCUT2D eigenvalue weighted by atomic mass is 9.97. The van der Waals surface area contributed by atoms with Crippen LogP contribution in [-0.2, 0) is 9.53 Å². The van der Waals surface area contributed by atoms with Gasteiger partial charge < -0.3 is 14.9 Å². The number of nitrogens with zero attached hydrogens (tertiary/aromatic N) is 1. The first kappa shape index (κ1) is 14.8. The minimum absolute atomic E-state index is 0.00458. The van der Waals surface area contributed by atoms with Crippen molar-refractivity contribution in [2.75, 3.05) is 6.54 Å². The Hall–Kier alpha value is -1.30. The van der Waals surface area contributed by atoms with Crippen LogP contribution in [0, 0.1) is 0 Å². The Labute approximate surface area is 107 Å². The van der Waals surface area contributed by atoms with Crippen LogP contribution < -0.4 is 0 Å². The molecule has 0 aromatic heterocycles. The Bertz CT molecular complexity index is 349. The summed E-state index contributed by atoms with van der Waals surface area (Å²) in [6.07, 6.45) is -0.256. The van der Waals surface area contributed by atoms with Crippen molar-refractivity contribution >= 4 is 12.1 Å². The maximum Gasteiger partial charge on any atom is 0.411 e. The number of aliphatic hydroxyl groups is 1. The second-order valence-electron chi connectivity index (χ2n) is 5.74. The van der Waals surface area contributed by atoms with Gasteiger partial charge in [-0.05, 0) is 27.2 Å². The second kappa shape index (κ2) is 4.76. The molecule has 2 atom stereocenters. The summed E-state index contributed by atoms with van der Waals surface area (Å²) >= 11 is 0. The zero-order chi connectivity index (χ0) is 14.1. The second-order valence-corrected chi connectivity index (χ2v) is 5.74. The van der Waals surface area contributed by atoms with Gasteiger partial charge in [-0.3, -0.25) is 4.90 Å². The molecule has 0 bridgehead atoms. The molecular weight excluding hydrogens is 238 g/mol. The van der Waals surface area contributed by atoms with E-state index in [9.17, 15) is 14.7 Å². The predicted molar refractivity (Wildman–Crippen MR) is 64.2 cm³/mol. The van der Waals surface area contributed by atoms with Crippen molar-refractivity contribution in [3.8, 4) is 0 Å². The normalized spacial score (nSPS) is 28.3. The van der Waals surface area contributed by atoms with Crippen molar-refractivity contribution in [3.05, 3.63) is 0 Å². The molecule has 6 heteroatoms. The molecule has 1 unspecified atom stereocenters. The van der Waals surface area contributed by atoms with Crippen LogP contribution in [0.5, 0.6) is 0 Å². The fourth-order valence-corrected chi connectivity index (χ4v) is 1.95. The minimum Gasteiger partial charge on any atom is -0.480 e. The van der Waals surface area contributed by atoms with E-state index in [0.717, 1.165) is 4.90 Å². The Morgan fingerprint density at radius 2 is 2.00 bits per heavy atom. The van der Waals surface area contributed by atoms with Crippen LogP contribution in [0.15, 0.2) is 0 Å². The van der Waals surface area contributed by atoms with Crippen molar-refractivity contribution in [1.29, 1.82) is 0 Å². The molecule has 1 aliphatic rings.